The lowest BCUT2D eigenvalue weighted by atomic mass is 9.80. The first kappa shape index (κ1) is 36.1. The molecule has 0 saturated heterocycles. The van der Waals surface area contributed by atoms with Gasteiger partial charge in [-0.25, -0.2) is 0 Å². The van der Waals surface area contributed by atoms with Crippen molar-refractivity contribution in [1.29, 1.82) is 0 Å². The Hall–Kier alpha value is -7.78. The lowest BCUT2D eigenvalue weighted by molar-refractivity contribution is 1.18. The van der Waals surface area contributed by atoms with Crippen molar-refractivity contribution in [1.82, 2.24) is 4.57 Å². The molecule has 0 aliphatic rings. The largest absolute Gasteiger partial charge is 0.309 e. The molecule has 0 radical (unpaired) electrons. The van der Waals surface area contributed by atoms with Crippen LogP contribution in [0.15, 0.2) is 237 Å². The minimum Gasteiger partial charge on any atom is -0.309 e. The predicted molar refractivity (Wildman–Crippen MR) is 266 cm³/mol. The van der Waals surface area contributed by atoms with Crippen LogP contribution in [-0.2, 0) is 0 Å². The Morgan fingerprint density at radius 2 is 0.790 bits per heavy atom. The highest BCUT2D eigenvalue weighted by Gasteiger charge is 2.29. The highest BCUT2D eigenvalue weighted by Crippen LogP contribution is 2.54. The van der Waals surface area contributed by atoms with Gasteiger partial charge in [0, 0.05) is 53.3 Å². The van der Waals surface area contributed by atoms with Crippen LogP contribution in [-0.4, -0.2) is 4.57 Å². The average Bonchev–Trinajstić information content (AvgIpc) is 3.90. The molecule has 0 aliphatic carbocycles. The third kappa shape index (κ3) is 5.91. The van der Waals surface area contributed by atoms with Crippen LogP contribution in [0.25, 0.3) is 114 Å². The molecule has 10 aromatic carbocycles. The van der Waals surface area contributed by atoms with Gasteiger partial charge in [0.05, 0.1) is 11.0 Å². The maximum atomic E-state index is 2.52. The average molecular weight is 806 g/mol. The second-order valence-corrected chi connectivity index (χ2v) is 17.0. The van der Waals surface area contributed by atoms with E-state index in [1.54, 1.807) is 0 Å². The number of para-hydroxylation sites is 1. The molecular weight excluding hydrogens is 767 g/mol. The van der Waals surface area contributed by atoms with Crippen LogP contribution in [0.5, 0.6) is 0 Å². The van der Waals surface area contributed by atoms with Gasteiger partial charge < -0.3 is 4.57 Å². The zero-order chi connectivity index (χ0) is 41.0. The molecule has 290 valence electrons. The fraction of sp³-hybridized carbons (Fsp3) is 0. The van der Waals surface area contributed by atoms with Crippen molar-refractivity contribution in [2.45, 2.75) is 0 Å². The Bertz CT molecular complexity index is 3590. The van der Waals surface area contributed by atoms with Crippen LogP contribution >= 0.6 is 11.3 Å². The van der Waals surface area contributed by atoms with E-state index in [0.717, 1.165) is 5.69 Å². The molecular formula is C60H39NS. The van der Waals surface area contributed by atoms with E-state index in [0.29, 0.717) is 0 Å². The van der Waals surface area contributed by atoms with Crippen molar-refractivity contribution in [2.24, 2.45) is 0 Å². The molecule has 0 saturated carbocycles. The van der Waals surface area contributed by atoms with Gasteiger partial charge >= 0.3 is 0 Å². The summed E-state index contributed by atoms with van der Waals surface area (Å²) in [6.45, 7) is 0. The van der Waals surface area contributed by atoms with Crippen LogP contribution < -0.4 is 0 Å². The standard InChI is InChI=1S/C60H39NS/c1-6-20-40(21-7-1)54-55(41-22-8-2-9-23-41)57(43-26-12-4-13-27-43)59-58(56(54)42-24-10-3-11-25-42)51-39-45(36-37-52(51)61(59)47-30-14-5-15-31-47)44-28-18-29-46(38-44)48-33-19-34-50-49-32-16-17-35-53(49)62-60(48)50/h1-39H. The van der Waals surface area contributed by atoms with E-state index >= 15 is 0 Å². The smallest absolute Gasteiger partial charge is 0.0632 e. The molecule has 1 nitrogen and oxygen atoms in total. The van der Waals surface area contributed by atoms with Gasteiger partial charge in [0.15, 0.2) is 0 Å². The SMILES string of the molecule is c1ccc(-c2c(-c3ccccc3)c(-c3ccccc3)c3c(c2-c2ccccc2)c2cc(-c4cccc(-c5cccc6c5sc5ccccc56)c4)ccc2n3-c2ccccc2)cc1. The van der Waals surface area contributed by atoms with E-state index < -0.39 is 0 Å². The number of hydrogen-bond acceptors (Lipinski definition) is 1. The summed E-state index contributed by atoms with van der Waals surface area (Å²) in [5, 5.41) is 5.09. The molecule has 0 N–H and O–H groups in total. The summed E-state index contributed by atoms with van der Waals surface area (Å²) >= 11 is 1.88. The van der Waals surface area contributed by atoms with Gasteiger partial charge in [-0.05, 0) is 86.5 Å². The number of nitrogens with zero attached hydrogens (tertiary/aromatic N) is 1. The van der Waals surface area contributed by atoms with E-state index in [2.05, 4.69) is 241 Å². The highest BCUT2D eigenvalue weighted by molar-refractivity contribution is 7.26. The molecule has 0 amide bonds. The molecule has 12 rings (SSSR count). The van der Waals surface area contributed by atoms with Crippen molar-refractivity contribution in [3.8, 4) is 72.4 Å². The van der Waals surface area contributed by atoms with Gasteiger partial charge in [-0.1, -0.05) is 200 Å². The van der Waals surface area contributed by atoms with Crippen LogP contribution in [0, 0.1) is 0 Å². The number of rotatable bonds is 7. The summed E-state index contributed by atoms with van der Waals surface area (Å²) in [7, 11) is 0. The molecule has 0 bridgehead atoms. The number of benzene rings is 10. The molecule has 0 spiro atoms. The van der Waals surface area contributed by atoms with Gasteiger partial charge in [-0.15, -0.1) is 11.3 Å². The van der Waals surface area contributed by atoms with Crippen molar-refractivity contribution >= 4 is 53.3 Å². The predicted octanol–water partition coefficient (Wildman–Crippen LogP) is 17.2. The monoisotopic (exact) mass is 805 g/mol. The number of thiophene rings is 1. The lowest BCUT2D eigenvalue weighted by Crippen LogP contribution is -2.00. The Balaban J connectivity index is 1.23. The molecule has 12 aromatic rings. The van der Waals surface area contributed by atoms with Crippen LogP contribution in [0.2, 0.25) is 0 Å². The normalized spacial score (nSPS) is 11.5. The molecule has 2 heterocycles. The fourth-order valence-corrected chi connectivity index (χ4v) is 10.9. The molecule has 62 heavy (non-hydrogen) atoms. The fourth-order valence-electron chi connectivity index (χ4n) is 9.71. The lowest BCUT2D eigenvalue weighted by Gasteiger charge is -2.24. The summed E-state index contributed by atoms with van der Waals surface area (Å²) < 4.78 is 5.17. The van der Waals surface area contributed by atoms with Gasteiger partial charge in [-0.3, -0.25) is 0 Å². The van der Waals surface area contributed by atoms with Crippen LogP contribution in [0.3, 0.4) is 0 Å². The first-order chi connectivity index (χ1) is 30.8. The Labute approximate surface area is 365 Å². The summed E-state index contributed by atoms with van der Waals surface area (Å²) in [6.07, 6.45) is 0. The third-order valence-electron chi connectivity index (χ3n) is 12.4. The minimum atomic E-state index is 1.13. The Morgan fingerprint density at radius 1 is 0.306 bits per heavy atom. The van der Waals surface area contributed by atoms with Crippen LogP contribution in [0.4, 0.5) is 0 Å². The van der Waals surface area contributed by atoms with E-state index in [1.807, 2.05) is 11.3 Å². The summed E-state index contributed by atoms with van der Waals surface area (Å²) in [6, 6.07) is 86.7. The summed E-state index contributed by atoms with van der Waals surface area (Å²) in [5.74, 6) is 0. The van der Waals surface area contributed by atoms with Gasteiger partial charge in [-0.2, -0.15) is 0 Å². The maximum absolute atomic E-state index is 2.52. The van der Waals surface area contributed by atoms with Gasteiger partial charge in [0.1, 0.15) is 0 Å². The van der Waals surface area contributed by atoms with Crippen molar-refractivity contribution in [2.75, 3.05) is 0 Å². The maximum Gasteiger partial charge on any atom is 0.0632 e. The van der Waals surface area contributed by atoms with Crippen LogP contribution in [0.1, 0.15) is 0 Å². The second-order valence-electron chi connectivity index (χ2n) is 16.0. The van der Waals surface area contributed by atoms with Gasteiger partial charge in [0.25, 0.3) is 0 Å². The van der Waals surface area contributed by atoms with Crippen molar-refractivity contribution < 1.29 is 0 Å². The van der Waals surface area contributed by atoms with Gasteiger partial charge in [0.2, 0.25) is 0 Å². The molecule has 0 unspecified atom stereocenters. The number of fused-ring (bicyclic) bond motifs is 6. The van der Waals surface area contributed by atoms with E-state index in [9.17, 15) is 0 Å². The molecule has 0 aliphatic heterocycles. The molecule has 2 heteroatoms. The zero-order valence-electron chi connectivity index (χ0n) is 33.9. The molecule has 0 fully saturated rings. The van der Waals surface area contributed by atoms with Crippen molar-refractivity contribution in [3.05, 3.63) is 237 Å². The van der Waals surface area contributed by atoms with Crippen molar-refractivity contribution in [3.63, 3.8) is 0 Å². The summed E-state index contributed by atoms with van der Waals surface area (Å²) in [5.41, 5.74) is 18.0. The van der Waals surface area contributed by atoms with E-state index in [1.165, 1.54) is 109 Å². The zero-order valence-corrected chi connectivity index (χ0v) is 34.7. The quantitative estimate of drug-likeness (QED) is 0.151. The summed E-state index contributed by atoms with van der Waals surface area (Å²) in [4.78, 5) is 0. The molecule has 2 aromatic heterocycles. The molecule has 0 atom stereocenters. The third-order valence-corrected chi connectivity index (χ3v) is 13.6. The minimum absolute atomic E-state index is 1.13. The first-order valence-electron chi connectivity index (χ1n) is 21.3. The number of hydrogen-bond donors (Lipinski definition) is 0. The Kier molecular flexibility index (Phi) is 8.76. The highest BCUT2D eigenvalue weighted by atomic mass is 32.1. The van der Waals surface area contributed by atoms with E-state index in [-0.39, 0.29) is 0 Å². The first-order valence-corrected chi connectivity index (χ1v) is 22.1. The second kappa shape index (κ2) is 15.0. The topological polar surface area (TPSA) is 4.93 Å². The number of aromatic nitrogens is 1. The Morgan fingerprint density at radius 3 is 1.45 bits per heavy atom. The van der Waals surface area contributed by atoms with E-state index in [4.69, 9.17) is 0 Å².